The van der Waals surface area contributed by atoms with Crippen LogP contribution in [0.15, 0.2) is 24.5 Å². The van der Waals surface area contributed by atoms with Gasteiger partial charge in [0.15, 0.2) is 0 Å². The molecule has 0 saturated heterocycles. The molecule has 0 unspecified atom stereocenters. The maximum absolute atomic E-state index is 11.1. The van der Waals surface area contributed by atoms with E-state index in [1.165, 1.54) is 0 Å². The topological polar surface area (TPSA) is 34.0 Å². The normalized spacial score (nSPS) is 9.75. The third kappa shape index (κ3) is 2.78. The van der Waals surface area contributed by atoms with Crippen LogP contribution in [0.4, 0.5) is 0 Å². The fourth-order valence-corrected chi connectivity index (χ4v) is 0.962. The molecule has 0 saturated carbocycles. The van der Waals surface area contributed by atoms with Crippen LogP contribution in [-0.4, -0.2) is 17.0 Å². The first-order valence-electron chi connectivity index (χ1n) is 4.20. The van der Waals surface area contributed by atoms with Crippen molar-refractivity contribution in [3.05, 3.63) is 24.5 Å². The van der Waals surface area contributed by atoms with Gasteiger partial charge in [0, 0.05) is 18.9 Å². The Morgan fingerprint density at radius 2 is 2.08 bits per heavy atom. The lowest BCUT2D eigenvalue weighted by Crippen LogP contribution is -2.27. The second-order valence-electron chi connectivity index (χ2n) is 2.71. The van der Waals surface area contributed by atoms with Crippen LogP contribution in [0.5, 0.6) is 0 Å². The van der Waals surface area contributed by atoms with Gasteiger partial charge in [-0.1, -0.05) is 6.92 Å². The van der Waals surface area contributed by atoms with Crippen LogP contribution < -0.4 is 5.32 Å². The second-order valence-corrected chi connectivity index (χ2v) is 2.71. The van der Waals surface area contributed by atoms with E-state index in [4.69, 9.17) is 0 Å². The van der Waals surface area contributed by atoms with Crippen LogP contribution in [0.25, 0.3) is 0 Å². The van der Waals surface area contributed by atoms with Crippen LogP contribution in [0, 0.1) is 0 Å². The van der Waals surface area contributed by atoms with E-state index in [-0.39, 0.29) is 5.91 Å². The average Bonchev–Trinajstić information content (AvgIpc) is 2.53. The maximum Gasteiger partial charge on any atom is 0.239 e. The van der Waals surface area contributed by atoms with Gasteiger partial charge >= 0.3 is 0 Å². The van der Waals surface area contributed by atoms with Crippen molar-refractivity contribution < 1.29 is 4.79 Å². The summed E-state index contributed by atoms with van der Waals surface area (Å²) in [5, 5.41) is 2.81. The molecule has 1 heterocycles. The molecule has 1 aromatic heterocycles. The number of amides is 1. The highest BCUT2D eigenvalue weighted by molar-refractivity contribution is 5.75. The van der Waals surface area contributed by atoms with Gasteiger partial charge in [0.1, 0.15) is 6.54 Å². The largest absolute Gasteiger partial charge is 0.355 e. The van der Waals surface area contributed by atoms with Crippen molar-refractivity contribution in [1.82, 2.24) is 9.88 Å². The summed E-state index contributed by atoms with van der Waals surface area (Å²) in [6.45, 7) is 3.23. The van der Waals surface area contributed by atoms with Crippen LogP contribution in [0.3, 0.4) is 0 Å². The van der Waals surface area contributed by atoms with E-state index in [2.05, 4.69) is 5.32 Å². The fraction of sp³-hybridized carbons (Fsp3) is 0.444. The Hall–Kier alpha value is -1.25. The van der Waals surface area contributed by atoms with E-state index in [1.807, 2.05) is 36.0 Å². The van der Waals surface area contributed by atoms with Crippen molar-refractivity contribution in [2.24, 2.45) is 0 Å². The molecule has 1 aromatic rings. The molecule has 0 aliphatic carbocycles. The first kappa shape index (κ1) is 8.84. The molecule has 3 heteroatoms. The second kappa shape index (κ2) is 4.59. The minimum Gasteiger partial charge on any atom is -0.355 e. The van der Waals surface area contributed by atoms with Crippen LogP contribution in [0.2, 0.25) is 0 Å². The van der Waals surface area contributed by atoms with Crippen molar-refractivity contribution >= 4 is 5.91 Å². The van der Waals surface area contributed by atoms with Gasteiger partial charge in [-0.25, -0.2) is 0 Å². The van der Waals surface area contributed by atoms with E-state index < -0.39 is 0 Å². The summed E-state index contributed by atoms with van der Waals surface area (Å²) < 4.78 is 1.85. The molecule has 0 atom stereocenters. The van der Waals surface area contributed by atoms with E-state index in [1.54, 1.807) is 0 Å². The SMILES string of the molecule is CCCNC(=O)Cn1cccc1. The number of carbonyl (C=O) groups excluding carboxylic acids is 1. The minimum absolute atomic E-state index is 0.0769. The number of nitrogens with one attached hydrogen (secondary N) is 1. The number of aromatic nitrogens is 1. The molecule has 0 aliphatic heterocycles. The Morgan fingerprint density at radius 1 is 1.42 bits per heavy atom. The number of nitrogens with zero attached hydrogens (tertiary/aromatic N) is 1. The maximum atomic E-state index is 11.1. The molecule has 0 fully saturated rings. The first-order chi connectivity index (χ1) is 5.83. The third-order valence-corrected chi connectivity index (χ3v) is 1.56. The summed E-state index contributed by atoms with van der Waals surface area (Å²) in [5.41, 5.74) is 0. The van der Waals surface area contributed by atoms with Crippen molar-refractivity contribution in [2.45, 2.75) is 19.9 Å². The van der Waals surface area contributed by atoms with Crippen molar-refractivity contribution in [2.75, 3.05) is 6.54 Å². The molecular formula is C9H14N2O. The lowest BCUT2D eigenvalue weighted by Gasteiger charge is -2.03. The predicted molar refractivity (Wildman–Crippen MR) is 47.7 cm³/mol. The van der Waals surface area contributed by atoms with Crippen LogP contribution in [-0.2, 0) is 11.3 Å². The Morgan fingerprint density at radius 3 is 2.67 bits per heavy atom. The third-order valence-electron chi connectivity index (χ3n) is 1.56. The Kier molecular flexibility index (Phi) is 3.38. The zero-order valence-corrected chi connectivity index (χ0v) is 7.29. The molecule has 1 amide bonds. The van der Waals surface area contributed by atoms with Gasteiger partial charge in [-0.3, -0.25) is 4.79 Å². The number of hydrogen-bond acceptors (Lipinski definition) is 1. The van der Waals surface area contributed by atoms with E-state index in [0.717, 1.165) is 13.0 Å². The average molecular weight is 166 g/mol. The molecular weight excluding hydrogens is 152 g/mol. The standard InChI is InChI=1S/C9H14N2O/c1-2-5-10-9(12)8-11-6-3-4-7-11/h3-4,6-7H,2,5,8H2,1H3,(H,10,12). The van der Waals surface area contributed by atoms with Gasteiger partial charge in [0.05, 0.1) is 0 Å². The van der Waals surface area contributed by atoms with Gasteiger partial charge in [-0.15, -0.1) is 0 Å². The summed E-state index contributed by atoms with van der Waals surface area (Å²) in [5.74, 6) is 0.0769. The molecule has 1 N–H and O–H groups in total. The first-order valence-corrected chi connectivity index (χ1v) is 4.20. The van der Waals surface area contributed by atoms with Gasteiger partial charge in [-0.2, -0.15) is 0 Å². The lowest BCUT2D eigenvalue weighted by molar-refractivity contribution is -0.121. The molecule has 0 spiro atoms. The molecule has 12 heavy (non-hydrogen) atoms. The number of hydrogen-bond donors (Lipinski definition) is 1. The van der Waals surface area contributed by atoms with Crippen molar-refractivity contribution in [3.63, 3.8) is 0 Å². The Bertz CT molecular complexity index is 229. The smallest absolute Gasteiger partial charge is 0.239 e. The molecule has 0 aliphatic rings. The molecule has 0 aromatic carbocycles. The summed E-state index contributed by atoms with van der Waals surface area (Å²) in [6.07, 6.45) is 4.74. The summed E-state index contributed by atoms with van der Waals surface area (Å²) in [4.78, 5) is 11.1. The number of rotatable bonds is 4. The lowest BCUT2D eigenvalue weighted by atomic mass is 10.4. The fourth-order valence-electron chi connectivity index (χ4n) is 0.962. The summed E-state index contributed by atoms with van der Waals surface area (Å²) in [6, 6.07) is 3.82. The van der Waals surface area contributed by atoms with E-state index >= 15 is 0 Å². The Balaban J connectivity index is 2.27. The molecule has 0 bridgehead atoms. The van der Waals surface area contributed by atoms with Gasteiger partial charge in [0.2, 0.25) is 5.91 Å². The van der Waals surface area contributed by atoms with Gasteiger partial charge < -0.3 is 9.88 Å². The van der Waals surface area contributed by atoms with E-state index in [9.17, 15) is 4.79 Å². The number of carbonyl (C=O) groups is 1. The zero-order valence-electron chi connectivity index (χ0n) is 7.29. The highest BCUT2D eigenvalue weighted by Gasteiger charge is 1.98. The minimum atomic E-state index is 0.0769. The van der Waals surface area contributed by atoms with Gasteiger partial charge in [0.25, 0.3) is 0 Å². The van der Waals surface area contributed by atoms with Crippen molar-refractivity contribution in [3.8, 4) is 0 Å². The highest BCUT2D eigenvalue weighted by Crippen LogP contribution is 1.88. The monoisotopic (exact) mass is 166 g/mol. The molecule has 66 valence electrons. The molecule has 3 nitrogen and oxygen atoms in total. The van der Waals surface area contributed by atoms with Crippen LogP contribution in [0.1, 0.15) is 13.3 Å². The predicted octanol–water partition coefficient (Wildman–Crippen LogP) is 1.01. The Labute approximate surface area is 72.4 Å². The van der Waals surface area contributed by atoms with Gasteiger partial charge in [-0.05, 0) is 18.6 Å². The molecule has 0 radical (unpaired) electrons. The quantitative estimate of drug-likeness (QED) is 0.711. The molecule has 1 rings (SSSR count). The van der Waals surface area contributed by atoms with E-state index in [0.29, 0.717) is 6.54 Å². The zero-order chi connectivity index (χ0) is 8.81. The van der Waals surface area contributed by atoms with Crippen molar-refractivity contribution in [1.29, 1.82) is 0 Å². The highest BCUT2D eigenvalue weighted by atomic mass is 16.1. The van der Waals surface area contributed by atoms with Crippen LogP contribution >= 0.6 is 0 Å². The summed E-state index contributed by atoms with van der Waals surface area (Å²) >= 11 is 0. The summed E-state index contributed by atoms with van der Waals surface area (Å²) in [7, 11) is 0.